The highest BCUT2D eigenvalue weighted by Crippen LogP contribution is 2.34. The van der Waals surface area contributed by atoms with E-state index in [4.69, 9.17) is 0 Å². The molecule has 1 heterocycles. The molecule has 110 valence electrons. The lowest BCUT2D eigenvalue weighted by Gasteiger charge is -2.10. The molecule has 0 bridgehead atoms. The van der Waals surface area contributed by atoms with Crippen LogP contribution in [0.15, 0.2) is 47.5 Å². The van der Waals surface area contributed by atoms with Crippen LogP contribution in [0.1, 0.15) is 36.9 Å². The molecule has 1 aliphatic rings. The molecule has 0 radical (unpaired) electrons. The van der Waals surface area contributed by atoms with Crippen LogP contribution in [-0.2, 0) is 6.54 Å². The van der Waals surface area contributed by atoms with Gasteiger partial charge >= 0.3 is 0 Å². The van der Waals surface area contributed by atoms with E-state index in [2.05, 4.69) is 53.6 Å². The Hall–Kier alpha value is -1.48. The van der Waals surface area contributed by atoms with Crippen molar-refractivity contribution in [1.82, 2.24) is 4.98 Å². The summed E-state index contributed by atoms with van der Waals surface area (Å²) < 4.78 is 0. The Morgan fingerprint density at radius 1 is 1.10 bits per heavy atom. The molecule has 1 fully saturated rings. The minimum absolute atomic E-state index is 0.773. The van der Waals surface area contributed by atoms with Gasteiger partial charge in [-0.3, -0.25) is 4.98 Å². The molecule has 1 aliphatic carbocycles. The minimum atomic E-state index is 0.773. The number of aromatic nitrogens is 1. The molecule has 1 N–H and O–H groups in total. The van der Waals surface area contributed by atoms with Crippen molar-refractivity contribution in [1.29, 1.82) is 0 Å². The van der Waals surface area contributed by atoms with E-state index < -0.39 is 0 Å². The molecular weight excluding hydrogens is 276 g/mol. The van der Waals surface area contributed by atoms with Crippen molar-refractivity contribution in [2.45, 2.75) is 49.3 Å². The number of pyridine rings is 1. The third-order valence-corrected chi connectivity index (χ3v) is 5.25. The Morgan fingerprint density at radius 2 is 1.86 bits per heavy atom. The zero-order chi connectivity index (χ0) is 14.5. The predicted molar refractivity (Wildman–Crippen MR) is 90.9 cm³/mol. The lowest BCUT2D eigenvalue weighted by molar-refractivity contribution is 0.886. The monoisotopic (exact) mass is 298 g/mol. The summed E-state index contributed by atoms with van der Waals surface area (Å²) in [6.07, 6.45) is 7.48. The number of nitrogens with zero attached hydrogens (tertiary/aromatic N) is 1. The van der Waals surface area contributed by atoms with Crippen LogP contribution >= 0.6 is 11.8 Å². The summed E-state index contributed by atoms with van der Waals surface area (Å²) in [7, 11) is 0. The number of hydrogen-bond donors (Lipinski definition) is 1. The second-order valence-corrected chi connectivity index (χ2v) is 7.10. The summed E-state index contributed by atoms with van der Waals surface area (Å²) in [4.78, 5) is 5.80. The highest BCUT2D eigenvalue weighted by Gasteiger charge is 2.15. The van der Waals surface area contributed by atoms with Crippen LogP contribution in [-0.4, -0.2) is 10.2 Å². The van der Waals surface area contributed by atoms with Gasteiger partial charge in [-0.2, -0.15) is 0 Å². The topological polar surface area (TPSA) is 24.9 Å². The Kier molecular flexibility index (Phi) is 4.81. The smallest absolute Gasteiger partial charge is 0.0594 e. The van der Waals surface area contributed by atoms with Gasteiger partial charge in [-0.1, -0.05) is 18.9 Å². The molecule has 2 aromatic rings. The van der Waals surface area contributed by atoms with E-state index in [1.807, 2.05) is 18.0 Å². The van der Waals surface area contributed by atoms with E-state index in [0.29, 0.717) is 0 Å². The number of anilines is 1. The second kappa shape index (κ2) is 6.99. The van der Waals surface area contributed by atoms with Crippen molar-refractivity contribution in [2.24, 2.45) is 0 Å². The van der Waals surface area contributed by atoms with Crippen molar-refractivity contribution in [3.8, 4) is 0 Å². The largest absolute Gasteiger partial charge is 0.379 e. The molecule has 0 aliphatic heterocycles. The van der Waals surface area contributed by atoms with Crippen molar-refractivity contribution in [3.05, 3.63) is 53.9 Å². The average Bonchev–Trinajstić information content (AvgIpc) is 3.01. The van der Waals surface area contributed by atoms with Crippen LogP contribution in [0.5, 0.6) is 0 Å². The van der Waals surface area contributed by atoms with Crippen LogP contribution < -0.4 is 5.32 Å². The summed E-state index contributed by atoms with van der Waals surface area (Å²) in [6, 6.07) is 13.0. The molecular formula is C18H22N2S. The van der Waals surface area contributed by atoms with Crippen molar-refractivity contribution < 1.29 is 0 Å². The van der Waals surface area contributed by atoms with E-state index in [9.17, 15) is 0 Å². The minimum Gasteiger partial charge on any atom is -0.379 e. The Labute approximate surface area is 131 Å². The lowest BCUT2D eigenvalue weighted by atomic mass is 10.2. The number of thioether (sulfide) groups is 1. The molecule has 0 amide bonds. The molecule has 1 aromatic carbocycles. The highest BCUT2D eigenvalue weighted by molar-refractivity contribution is 8.00. The first-order valence-corrected chi connectivity index (χ1v) is 8.60. The van der Waals surface area contributed by atoms with Gasteiger partial charge < -0.3 is 5.32 Å². The summed E-state index contributed by atoms with van der Waals surface area (Å²) in [6.45, 7) is 2.83. The van der Waals surface area contributed by atoms with Gasteiger partial charge in [-0.25, -0.2) is 0 Å². The van der Waals surface area contributed by atoms with Gasteiger partial charge in [0.2, 0.25) is 0 Å². The van der Waals surface area contributed by atoms with Gasteiger partial charge in [-0.15, -0.1) is 11.8 Å². The summed E-state index contributed by atoms with van der Waals surface area (Å²) in [5.41, 5.74) is 3.44. The van der Waals surface area contributed by atoms with Gasteiger partial charge in [0, 0.05) is 22.0 Å². The zero-order valence-corrected chi connectivity index (χ0v) is 13.3. The summed E-state index contributed by atoms with van der Waals surface area (Å²) in [5.74, 6) is 0. The third kappa shape index (κ3) is 4.24. The molecule has 1 aromatic heterocycles. The maximum Gasteiger partial charge on any atom is 0.0594 e. The van der Waals surface area contributed by atoms with E-state index >= 15 is 0 Å². The molecule has 2 nitrogen and oxygen atoms in total. The van der Waals surface area contributed by atoms with Crippen LogP contribution in [0, 0.1) is 6.92 Å². The van der Waals surface area contributed by atoms with Crippen LogP contribution in [0.4, 0.5) is 5.69 Å². The summed E-state index contributed by atoms with van der Waals surface area (Å²) in [5, 5.41) is 4.26. The van der Waals surface area contributed by atoms with E-state index in [-0.39, 0.29) is 0 Å². The predicted octanol–water partition coefficient (Wildman–Crippen LogP) is 5.04. The first-order chi connectivity index (χ1) is 10.3. The van der Waals surface area contributed by atoms with Crippen molar-refractivity contribution >= 4 is 17.4 Å². The van der Waals surface area contributed by atoms with E-state index in [1.165, 1.54) is 36.1 Å². The quantitative estimate of drug-likeness (QED) is 0.837. The van der Waals surface area contributed by atoms with Crippen LogP contribution in [0.2, 0.25) is 0 Å². The fraction of sp³-hybridized carbons (Fsp3) is 0.389. The first-order valence-electron chi connectivity index (χ1n) is 7.72. The number of aryl methyl sites for hydroxylation is 1. The van der Waals surface area contributed by atoms with E-state index in [0.717, 1.165) is 23.2 Å². The molecule has 3 rings (SSSR count). The normalized spacial score (nSPS) is 15.3. The Bertz CT molecular complexity index is 557. The SMILES string of the molecule is Cc1ccc(CNc2ccc(SC3CCCC3)cc2)nc1. The van der Waals surface area contributed by atoms with Crippen molar-refractivity contribution in [2.75, 3.05) is 5.32 Å². The van der Waals surface area contributed by atoms with Gasteiger partial charge in [-0.05, 0) is 55.7 Å². The van der Waals surface area contributed by atoms with Gasteiger partial charge in [0.25, 0.3) is 0 Å². The standard InChI is InChI=1S/C18H22N2S/c1-14-6-7-16(19-12-14)13-20-15-8-10-18(11-9-15)21-17-4-2-3-5-17/h6-12,17,20H,2-5,13H2,1H3. The van der Waals surface area contributed by atoms with Gasteiger partial charge in [0.15, 0.2) is 0 Å². The lowest BCUT2D eigenvalue weighted by Crippen LogP contribution is -2.01. The molecule has 0 spiro atoms. The fourth-order valence-electron chi connectivity index (χ4n) is 2.65. The average molecular weight is 298 g/mol. The van der Waals surface area contributed by atoms with Gasteiger partial charge in [0.05, 0.1) is 12.2 Å². The maximum absolute atomic E-state index is 4.41. The molecule has 21 heavy (non-hydrogen) atoms. The van der Waals surface area contributed by atoms with Crippen LogP contribution in [0.3, 0.4) is 0 Å². The number of benzene rings is 1. The van der Waals surface area contributed by atoms with Crippen LogP contribution in [0.25, 0.3) is 0 Å². The number of rotatable bonds is 5. The molecule has 0 atom stereocenters. The molecule has 3 heteroatoms. The molecule has 1 saturated carbocycles. The third-order valence-electron chi connectivity index (χ3n) is 3.91. The molecule has 0 saturated heterocycles. The maximum atomic E-state index is 4.41. The number of hydrogen-bond acceptors (Lipinski definition) is 3. The van der Waals surface area contributed by atoms with Gasteiger partial charge in [0.1, 0.15) is 0 Å². The zero-order valence-electron chi connectivity index (χ0n) is 12.5. The highest BCUT2D eigenvalue weighted by atomic mass is 32.2. The Balaban J connectivity index is 1.52. The number of nitrogens with one attached hydrogen (secondary N) is 1. The first kappa shape index (κ1) is 14.5. The van der Waals surface area contributed by atoms with Crippen molar-refractivity contribution in [3.63, 3.8) is 0 Å². The Morgan fingerprint density at radius 3 is 2.52 bits per heavy atom. The fourth-order valence-corrected chi connectivity index (χ4v) is 3.89. The summed E-state index contributed by atoms with van der Waals surface area (Å²) >= 11 is 2.04. The molecule has 0 unspecified atom stereocenters. The van der Waals surface area contributed by atoms with E-state index in [1.54, 1.807) is 0 Å². The second-order valence-electron chi connectivity index (χ2n) is 5.73.